The van der Waals surface area contributed by atoms with Crippen LogP contribution in [0.15, 0.2) is 24.3 Å². The standard InChI is InChI=1S/C12H18N2/c1-10-3-2-4-12(7-10)14-6-5-11(8-13)9-14/h2-4,7,11H,5-6,8-9,13H2,1H3/t11-/m0/s1. The average Bonchev–Trinajstić information content (AvgIpc) is 2.66. The molecule has 1 saturated heterocycles. The van der Waals surface area contributed by atoms with Gasteiger partial charge in [0.05, 0.1) is 0 Å². The smallest absolute Gasteiger partial charge is 0.0368 e. The van der Waals surface area contributed by atoms with E-state index in [0.29, 0.717) is 5.92 Å². The lowest BCUT2D eigenvalue weighted by Crippen LogP contribution is -2.22. The van der Waals surface area contributed by atoms with Crippen LogP contribution >= 0.6 is 0 Å². The molecule has 1 aromatic rings. The van der Waals surface area contributed by atoms with Gasteiger partial charge in [-0.15, -0.1) is 0 Å². The van der Waals surface area contributed by atoms with Crippen molar-refractivity contribution in [3.63, 3.8) is 0 Å². The van der Waals surface area contributed by atoms with Gasteiger partial charge in [-0.3, -0.25) is 0 Å². The summed E-state index contributed by atoms with van der Waals surface area (Å²) < 4.78 is 0. The summed E-state index contributed by atoms with van der Waals surface area (Å²) in [5.41, 5.74) is 8.36. The molecule has 0 aliphatic carbocycles. The third-order valence-corrected chi connectivity index (χ3v) is 2.99. The monoisotopic (exact) mass is 190 g/mol. The van der Waals surface area contributed by atoms with Crippen molar-refractivity contribution in [1.29, 1.82) is 0 Å². The second kappa shape index (κ2) is 4.01. The fourth-order valence-electron chi connectivity index (χ4n) is 2.08. The number of aryl methyl sites for hydroxylation is 1. The lowest BCUT2D eigenvalue weighted by Gasteiger charge is -2.18. The first kappa shape index (κ1) is 9.53. The SMILES string of the molecule is Cc1cccc(N2CC[C@@H](CN)C2)c1. The number of nitrogens with two attached hydrogens (primary N) is 1. The molecule has 0 amide bonds. The van der Waals surface area contributed by atoms with Gasteiger partial charge in [-0.25, -0.2) is 0 Å². The van der Waals surface area contributed by atoms with Crippen LogP contribution in [0.1, 0.15) is 12.0 Å². The molecule has 0 unspecified atom stereocenters. The molecule has 2 N–H and O–H groups in total. The van der Waals surface area contributed by atoms with E-state index in [1.807, 2.05) is 0 Å². The van der Waals surface area contributed by atoms with Crippen molar-refractivity contribution in [3.8, 4) is 0 Å². The summed E-state index contributed by atoms with van der Waals surface area (Å²) in [5, 5.41) is 0. The molecular weight excluding hydrogens is 172 g/mol. The topological polar surface area (TPSA) is 29.3 Å². The first-order valence-corrected chi connectivity index (χ1v) is 5.31. The maximum atomic E-state index is 5.68. The van der Waals surface area contributed by atoms with E-state index in [1.54, 1.807) is 0 Å². The van der Waals surface area contributed by atoms with Gasteiger partial charge in [0.2, 0.25) is 0 Å². The van der Waals surface area contributed by atoms with Gasteiger partial charge in [-0.1, -0.05) is 12.1 Å². The van der Waals surface area contributed by atoms with E-state index >= 15 is 0 Å². The molecule has 76 valence electrons. The molecule has 14 heavy (non-hydrogen) atoms. The molecule has 1 heterocycles. The van der Waals surface area contributed by atoms with Crippen LogP contribution in [0, 0.1) is 12.8 Å². The first-order valence-electron chi connectivity index (χ1n) is 5.31. The Morgan fingerprint density at radius 2 is 2.36 bits per heavy atom. The van der Waals surface area contributed by atoms with E-state index in [2.05, 4.69) is 36.1 Å². The number of anilines is 1. The van der Waals surface area contributed by atoms with Crippen molar-refractivity contribution in [2.24, 2.45) is 11.7 Å². The van der Waals surface area contributed by atoms with Gasteiger partial charge in [0.25, 0.3) is 0 Å². The van der Waals surface area contributed by atoms with Crippen molar-refractivity contribution in [2.75, 3.05) is 24.5 Å². The van der Waals surface area contributed by atoms with E-state index in [4.69, 9.17) is 5.73 Å². The summed E-state index contributed by atoms with van der Waals surface area (Å²) in [6.45, 7) is 5.24. The van der Waals surface area contributed by atoms with Crippen molar-refractivity contribution < 1.29 is 0 Å². The largest absolute Gasteiger partial charge is 0.371 e. The Balaban J connectivity index is 2.09. The first-order chi connectivity index (χ1) is 6.79. The molecule has 1 atom stereocenters. The zero-order valence-corrected chi connectivity index (χ0v) is 8.74. The van der Waals surface area contributed by atoms with Crippen LogP contribution in [0.5, 0.6) is 0 Å². The summed E-state index contributed by atoms with van der Waals surface area (Å²) in [7, 11) is 0. The van der Waals surface area contributed by atoms with Gasteiger partial charge in [-0.05, 0) is 43.5 Å². The van der Waals surface area contributed by atoms with Crippen LogP contribution < -0.4 is 10.6 Å². The molecule has 0 bridgehead atoms. The molecule has 0 saturated carbocycles. The van der Waals surface area contributed by atoms with Gasteiger partial charge >= 0.3 is 0 Å². The van der Waals surface area contributed by atoms with Crippen LogP contribution in [0.25, 0.3) is 0 Å². The highest BCUT2D eigenvalue weighted by Gasteiger charge is 2.20. The van der Waals surface area contributed by atoms with Crippen LogP contribution in [-0.2, 0) is 0 Å². The van der Waals surface area contributed by atoms with Gasteiger partial charge < -0.3 is 10.6 Å². The average molecular weight is 190 g/mol. The van der Waals surface area contributed by atoms with Crippen molar-refractivity contribution in [1.82, 2.24) is 0 Å². The third kappa shape index (κ3) is 1.90. The van der Waals surface area contributed by atoms with Gasteiger partial charge in [0, 0.05) is 18.8 Å². The number of hydrogen-bond donors (Lipinski definition) is 1. The minimum Gasteiger partial charge on any atom is -0.371 e. The van der Waals surface area contributed by atoms with E-state index in [0.717, 1.165) is 19.6 Å². The number of benzene rings is 1. The Hall–Kier alpha value is -1.02. The molecule has 2 rings (SSSR count). The van der Waals surface area contributed by atoms with Gasteiger partial charge in [0.1, 0.15) is 0 Å². The second-order valence-electron chi connectivity index (χ2n) is 4.18. The number of rotatable bonds is 2. The Morgan fingerprint density at radius 3 is 3.00 bits per heavy atom. The fourth-order valence-corrected chi connectivity index (χ4v) is 2.08. The molecule has 1 aliphatic rings. The second-order valence-corrected chi connectivity index (χ2v) is 4.18. The Bertz CT molecular complexity index is 309. The zero-order chi connectivity index (χ0) is 9.97. The summed E-state index contributed by atoms with van der Waals surface area (Å²) in [6.07, 6.45) is 1.24. The summed E-state index contributed by atoms with van der Waals surface area (Å²) in [5.74, 6) is 0.690. The highest BCUT2D eigenvalue weighted by molar-refractivity contribution is 5.49. The van der Waals surface area contributed by atoms with Crippen molar-refractivity contribution >= 4 is 5.69 Å². The van der Waals surface area contributed by atoms with E-state index in [-0.39, 0.29) is 0 Å². The number of hydrogen-bond acceptors (Lipinski definition) is 2. The predicted molar refractivity (Wildman–Crippen MR) is 60.6 cm³/mol. The molecule has 0 spiro atoms. The minimum absolute atomic E-state index is 0.690. The molecule has 2 heteroatoms. The van der Waals surface area contributed by atoms with Crippen LogP contribution in [0.3, 0.4) is 0 Å². The van der Waals surface area contributed by atoms with E-state index in [9.17, 15) is 0 Å². The molecule has 0 radical (unpaired) electrons. The Labute approximate surface area is 85.7 Å². The number of nitrogens with zero attached hydrogens (tertiary/aromatic N) is 1. The fraction of sp³-hybridized carbons (Fsp3) is 0.500. The Morgan fingerprint density at radius 1 is 1.50 bits per heavy atom. The van der Waals surface area contributed by atoms with Crippen molar-refractivity contribution in [3.05, 3.63) is 29.8 Å². The van der Waals surface area contributed by atoms with Crippen LogP contribution in [0.2, 0.25) is 0 Å². The van der Waals surface area contributed by atoms with Crippen molar-refractivity contribution in [2.45, 2.75) is 13.3 Å². The lowest BCUT2D eigenvalue weighted by atomic mass is 10.1. The maximum absolute atomic E-state index is 5.68. The Kier molecular flexibility index (Phi) is 2.73. The summed E-state index contributed by atoms with van der Waals surface area (Å²) in [4.78, 5) is 2.44. The molecular formula is C12H18N2. The molecule has 1 fully saturated rings. The van der Waals surface area contributed by atoms with Gasteiger partial charge in [-0.2, -0.15) is 0 Å². The van der Waals surface area contributed by atoms with Crippen LogP contribution in [0.4, 0.5) is 5.69 Å². The maximum Gasteiger partial charge on any atom is 0.0368 e. The highest BCUT2D eigenvalue weighted by atomic mass is 15.2. The summed E-state index contributed by atoms with van der Waals surface area (Å²) in [6, 6.07) is 8.70. The highest BCUT2D eigenvalue weighted by Crippen LogP contribution is 2.23. The molecule has 1 aliphatic heterocycles. The predicted octanol–water partition coefficient (Wildman–Crippen LogP) is 1.78. The lowest BCUT2D eigenvalue weighted by molar-refractivity contribution is 0.602. The molecule has 0 aromatic heterocycles. The quantitative estimate of drug-likeness (QED) is 0.770. The molecule has 2 nitrogen and oxygen atoms in total. The summed E-state index contributed by atoms with van der Waals surface area (Å²) >= 11 is 0. The normalized spacial score (nSPS) is 21.6. The third-order valence-electron chi connectivity index (χ3n) is 2.99. The van der Waals surface area contributed by atoms with E-state index in [1.165, 1.54) is 17.7 Å². The zero-order valence-electron chi connectivity index (χ0n) is 8.74. The minimum atomic E-state index is 0.690. The van der Waals surface area contributed by atoms with Gasteiger partial charge in [0.15, 0.2) is 0 Å². The molecule has 1 aromatic carbocycles. The van der Waals surface area contributed by atoms with E-state index < -0.39 is 0 Å². The van der Waals surface area contributed by atoms with Crippen LogP contribution in [-0.4, -0.2) is 19.6 Å².